The van der Waals surface area contributed by atoms with Gasteiger partial charge in [0.05, 0.1) is 6.10 Å². The van der Waals surface area contributed by atoms with Crippen LogP contribution in [0.25, 0.3) is 0 Å². The van der Waals surface area contributed by atoms with Gasteiger partial charge in [-0.2, -0.15) is 0 Å². The lowest BCUT2D eigenvalue weighted by Gasteiger charge is -2.28. The molecular weight excluding hydrogens is 364 g/mol. The molecular formula is C20H24N2O6. The number of nitrogens with zero attached hydrogens (tertiary/aromatic N) is 1. The standard InChI is InChI=1S/C20H24N2O6/c23-16-9-10-22(20(27)18(16)19(26)21-11-17(24)25)12-13-5-7-15(8-6-13)28-14-3-1-2-4-14/h5-8,14,23H,1-4,9-12H2,(H,21,26)(H,24,25). The summed E-state index contributed by atoms with van der Waals surface area (Å²) in [5.41, 5.74) is 0.479. The van der Waals surface area contributed by atoms with Gasteiger partial charge < -0.3 is 25.2 Å². The fourth-order valence-electron chi connectivity index (χ4n) is 3.46. The molecule has 1 aromatic rings. The van der Waals surface area contributed by atoms with Gasteiger partial charge >= 0.3 is 5.97 Å². The minimum atomic E-state index is -1.23. The maximum absolute atomic E-state index is 12.6. The molecule has 8 nitrogen and oxygen atoms in total. The van der Waals surface area contributed by atoms with E-state index in [9.17, 15) is 19.5 Å². The van der Waals surface area contributed by atoms with E-state index in [4.69, 9.17) is 9.84 Å². The third-order valence-electron chi connectivity index (χ3n) is 4.94. The quantitative estimate of drug-likeness (QED) is 0.613. The molecule has 0 atom stereocenters. The predicted molar refractivity (Wildman–Crippen MR) is 99.7 cm³/mol. The number of ether oxygens (including phenoxy) is 1. The first-order valence-electron chi connectivity index (χ1n) is 9.41. The van der Waals surface area contributed by atoms with Gasteiger partial charge in [0.25, 0.3) is 11.8 Å². The van der Waals surface area contributed by atoms with E-state index in [0.717, 1.165) is 24.2 Å². The van der Waals surface area contributed by atoms with Crippen molar-refractivity contribution in [3.05, 3.63) is 41.2 Å². The highest BCUT2D eigenvalue weighted by molar-refractivity contribution is 6.19. The molecule has 1 aliphatic heterocycles. The Kier molecular flexibility index (Phi) is 6.18. The van der Waals surface area contributed by atoms with Crippen molar-refractivity contribution in [1.82, 2.24) is 10.2 Å². The van der Waals surface area contributed by atoms with Crippen LogP contribution >= 0.6 is 0 Å². The number of carbonyl (C=O) groups excluding carboxylic acids is 2. The van der Waals surface area contributed by atoms with Crippen molar-refractivity contribution in [3.8, 4) is 5.75 Å². The third kappa shape index (κ3) is 4.82. The Morgan fingerprint density at radius 3 is 2.50 bits per heavy atom. The van der Waals surface area contributed by atoms with Gasteiger partial charge in [-0.05, 0) is 43.4 Å². The van der Waals surface area contributed by atoms with Gasteiger partial charge in [0.15, 0.2) is 0 Å². The summed E-state index contributed by atoms with van der Waals surface area (Å²) in [4.78, 5) is 36.7. The SMILES string of the molecule is O=C(O)CNC(=O)C1=C(O)CCN(Cc2ccc(OC3CCCC3)cc2)C1=O. The molecule has 0 unspecified atom stereocenters. The lowest BCUT2D eigenvalue weighted by molar-refractivity contribution is -0.138. The van der Waals surface area contributed by atoms with Crippen molar-refractivity contribution >= 4 is 17.8 Å². The lowest BCUT2D eigenvalue weighted by atomic mass is 10.0. The van der Waals surface area contributed by atoms with Crippen molar-refractivity contribution in [2.24, 2.45) is 0 Å². The maximum Gasteiger partial charge on any atom is 0.322 e. The number of carboxylic acid groups (broad SMARTS) is 1. The van der Waals surface area contributed by atoms with Gasteiger partial charge in [0.2, 0.25) is 0 Å². The number of benzene rings is 1. The van der Waals surface area contributed by atoms with Crippen LogP contribution in [0, 0.1) is 0 Å². The van der Waals surface area contributed by atoms with Gasteiger partial charge in [-0.15, -0.1) is 0 Å². The summed E-state index contributed by atoms with van der Waals surface area (Å²) in [7, 11) is 0. The van der Waals surface area contributed by atoms with Gasteiger partial charge in [-0.25, -0.2) is 0 Å². The molecule has 0 spiro atoms. The van der Waals surface area contributed by atoms with Crippen LogP contribution in [0.3, 0.4) is 0 Å². The van der Waals surface area contributed by atoms with E-state index in [0.29, 0.717) is 0 Å². The normalized spacial score (nSPS) is 17.7. The van der Waals surface area contributed by atoms with Crippen molar-refractivity contribution in [3.63, 3.8) is 0 Å². The zero-order valence-electron chi connectivity index (χ0n) is 15.5. The van der Waals surface area contributed by atoms with E-state index in [-0.39, 0.29) is 31.4 Å². The largest absolute Gasteiger partial charge is 0.511 e. The Balaban J connectivity index is 1.61. The Bertz CT molecular complexity index is 780. The van der Waals surface area contributed by atoms with Crippen molar-refractivity contribution in [2.75, 3.05) is 13.1 Å². The second-order valence-corrected chi connectivity index (χ2v) is 7.04. The minimum Gasteiger partial charge on any atom is -0.511 e. The fraction of sp³-hybridized carbons (Fsp3) is 0.450. The number of aliphatic hydroxyl groups is 1. The average molecular weight is 388 g/mol. The number of carbonyl (C=O) groups is 3. The van der Waals surface area contributed by atoms with Crippen LogP contribution in [-0.2, 0) is 20.9 Å². The monoisotopic (exact) mass is 388 g/mol. The van der Waals surface area contributed by atoms with E-state index in [1.807, 2.05) is 24.3 Å². The molecule has 1 fully saturated rings. The number of nitrogens with one attached hydrogen (secondary N) is 1. The number of aliphatic carboxylic acids is 1. The summed E-state index contributed by atoms with van der Waals surface area (Å²) in [5, 5.41) is 20.7. The van der Waals surface area contributed by atoms with E-state index in [1.54, 1.807) is 0 Å². The van der Waals surface area contributed by atoms with Crippen molar-refractivity contribution in [1.29, 1.82) is 0 Å². The topological polar surface area (TPSA) is 116 Å². The minimum absolute atomic E-state index is 0.143. The van der Waals surface area contributed by atoms with Crippen LogP contribution in [0.1, 0.15) is 37.7 Å². The van der Waals surface area contributed by atoms with E-state index >= 15 is 0 Å². The molecule has 28 heavy (non-hydrogen) atoms. The van der Waals surface area contributed by atoms with Crippen LogP contribution < -0.4 is 10.1 Å². The molecule has 0 aromatic heterocycles. The van der Waals surface area contributed by atoms with Crippen LogP contribution in [0.4, 0.5) is 0 Å². The van der Waals surface area contributed by atoms with E-state index in [2.05, 4.69) is 5.32 Å². The molecule has 8 heteroatoms. The summed E-state index contributed by atoms with van der Waals surface area (Å²) in [5.74, 6) is -2.24. The molecule has 1 saturated carbocycles. The number of hydrogen-bond donors (Lipinski definition) is 3. The van der Waals surface area contributed by atoms with Crippen molar-refractivity contribution < 1.29 is 29.3 Å². The first kappa shape index (κ1) is 19.7. The number of rotatable bonds is 7. The Morgan fingerprint density at radius 2 is 1.86 bits per heavy atom. The number of amides is 2. The van der Waals surface area contributed by atoms with Crippen LogP contribution in [0.15, 0.2) is 35.6 Å². The van der Waals surface area contributed by atoms with Crippen LogP contribution in [-0.4, -0.2) is 52.1 Å². The number of aliphatic hydroxyl groups excluding tert-OH is 1. The summed E-state index contributed by atoms with van der Waals surface area (Å²) < 4.78 is 5.93. The molecule has 3 N–H and O–H groups in total. The zero-order valence-corrected chi connectivity index (χ0v) is 15.5. The van der Waals surface area contributed by atoms with Crippen molar-refractivity contribution in [2.45, 2.75) is 44.8 Å². The Hall–Kier alpha value is -3.03. The molecule has 3 rings (SSSR count). The van der Waals surface area contributed by atoms with Crippen LogP contribution in [0.2, 0.25) is 0 Å². The van der Waals surface area contributed by atoms with Gasteiger partial charge in [-0.3, -0.25) is 14.4 Å². The molecule has 1 heterocycles. The summed E-state index contributed by atoms with van der Waals surface area (Å²) in [6, 6.07) is 7.49. The number of hydrogen-bond acceptors (Lipinski definition) is 5. The Labute approximate surface area is 162 Å². The predicted octanol–water partition coefficient (Wildman–Crippen LogP) is 1.75. The molecule has 0 radical (unpaired) electrons. The summed E-state index contributed by atoms with van der Waals surface area (Å²) in [6.45, 7) is -0.0580. The first-order chi connectivity index (χ1) is 13.4. The Morgan fingerprint density at radius 1 is 1.18 bits per heavy atom. The first-order valence-corrected chi connectivity index (χ1v) is 9.41. The summed E-state index contributed by atoms with van der Waals surface area (Å²) in [6.07, 6.45) is 4.96. The highest BCUT2D eigenvalue weighted by atomic mass is 16.5. The fourth-order valence-corrected chi connectivity index (χ4v) is 3.46. The smallest absolute Gasteiger partial charge is 0.322 e. The average Bonchev–Trinajstić information content (AvgIpc) is 3.17. The second kappa shape index (κ2) is 8.77. The molecule has 2 amide bonds. The highest BCUT2D eigenvalue weighted by Crippen LogP contribution is 2.25. The van der Waals surface area contributed by atoms with Crippen LogP contribution in [0.5, 0.6) is 5.75 Å². The molecule has 0 saturated heterocycles. The number of carboxylic acids is 1. The molecule has 1 aromatic carbocycles. The molecule has 1 aliphatic carbocycles. The summed E-state index contributed by atoms with van der Waals surface area (Å²) >= 11 is 0. The second-order valence-electron chi connectivity index (χ2n) is 7.04. The molecule has 2 aliphatic rings. The molecule has 150 valence electrons. The highest BCUT2D eigenvalue weighted by Gasteiger charge is 2.32. The van der Waals surface area contributed by atoms with E-state index in [1.165, 1.54) is 17.7 Å². The zero-order chi connectivity index (χ0) is 20.1. The maximum atomic E-state index is 12.6. The van der Waals surface area contributed by atoms with Gasteiger partial charge in [0.1, 0.15) is 23.6 Å². The van der Waals surface area contributed by atoms with Gasteiger partial charge in [0, 0.05) is 19.5 Å². The van der Waals surface area contributed by atoms with Gasteiger partial charge in [-0.1, -0.05) is 12.1 Å². The molecule has 0 bridgehead atoms. The lowest BCUT2D eigenvalue weighted by Crippen LogP contribution is -2.43. The van der Waals surface area contributed by atoms with E-state index < -0.39 is 29.9 Å². The third-order valence-corrected chi connectivity index (χ3v) is 4.94.